The first-order valence-corrected chi connectivity index (χ1v) is 8.45. The Bertz CT molecular complexity index is 774. The van der Waals surface area contributed by atoms with Crippen LogP contribution in [0.1, 0.15) is 24.8 Å². The summed E-state index contributed by atoms with van der Waals surface area (Å²) < 4.78 is 1.84. The number of amides is 1. The molecule has 0 saturated carbocycles. The summed E-state index contributed by atoms with van der Waals surface area (Å²) in [6.07, 6.45) is 0.755. The minimum Gasteiger partial charge on any atom is -0.361 e. The van der Waals surface area contributed by atoms with Gasteiger partial charge in [0.1, 0.15) is 0 Å². The van der Waals surface area contributed by atoms with Gasteiger partial charge < -0.3 is 10.6 Å². The normalized spacial score (nSPS) is 21.0. The van der Waals surface area contributed by atoms with Crippen molar-refractivity contribution in [1.82, 2.24) is 10.6 Å². The van der Waals surface area contributed by atoms with Crippen molar-refractivity contribution in [3.8, 4) is 6.07 Å². The van der Waals surface area contributed by atoms with Crippen LogP contribution >= 0.6 is 31.9 Å². The molecule has 1 unspecified atom stereocenters. The van der Waals surface area contributed by atoms with Crippen molar-refractivity contribution >= 4 is 37.8 Å². The molecule has 0 radical (unpaired) electrons. The Kier molecular flexibility index (Phi) is 4.11. The lowest BCUT2D eigenvalue weighted by Crippen LogP contribution is -2.40. The van der Waals surface area contributed by atoms with Crippen molar-refractivity contribution in [2.24, 2.45) is 0 Å². The van der Waals surface area contributed by atoms with Crippen LogP contribution in [-0.2, 0) is 4.79 Å². The highest BCUT2D eigenvalue weighted by Gasteiger charge is 2.36. The van der Waals surface area contributed by atoms with Gasteiger partial charge in [-0.05, 0) is 56.5 Å². The van der Waals surface area contributed by atoms with E-state index in [1.807, 2.05) is 25.1 Å². The lowest BCUT2D eigenvalue weighted by molar-refractivity contribution is -0.118. The fourth-order valence-corrected chi connectivity index (χ4v) is 3.57. The number of nitrogens with one attached hydrogen (secondary N) is 2. The molecule has 2 aliphatic rings. The maximum absolute atomic E-state index is 12.4. The van der Waals surface area contributed by atoms with E-state index in [0.29, 0.717) is 17.7 Å². The molecule has 0 fully saturated rings. The fraction of sp³-hybridized carbons (Fsp3) is 0.250. The molecule has 22 heavy (non-hydrogen) atoms. The van der Waals surface area contributed by atoms with Crippen LogP contribution in [0.3, 0.4) is 0 Å². The third-order valence-corrected chi connectivity index (χ3v) is 5.83. The number of hydrogen-bond acceptors (Lipinski definition) is 3. The number of allylic oxidation sites excluding steroid dienone is 2. The third kappa shape index (κ3) is 2.49. The van der Waals surface area contributed by atoms with Crippen LogP contribution in [0.2, 0.25) is 0 Å². The van der Waals surface area contributed by atoms with Gasteiger partial charge in [0.25, 0.3) is 0 Å². The molecule has 0 aromatic heterocycles. The molecule has 6 heteroatoms. The molecule has 1 aromatic carbocycles. The van der Waals surface area contributed by atoms with E-state index in [2.05, 4.69) is 48.6 Å². The molecule has 4 nitrogen and oxygen atoms in total. The van der Waals surface area contributed by atoms with E-state index < -0.39 is 0 Å². The number of nitriles is 1. The monoisotopic (exact) mass is 421 g/mol. The summed E-state index contributed by atoms with van der Waals surface area (Å²) in [5.74, 6) is -0.427. The molecule has 2 aliphatic heterocycles. The van der Waals surface area contributed by atoms with Crippen LogP contribution in [0.25, 0.3) is 0 Å². The Morgan fingerprint density at radius 3 is 2.77 bits per heavy atom. The summed E-state index contributed by atoms with van der Waals surface area (Å²) in [4.78, 5) is 12.4. The molecule has 0 bridgehead atoms. The fourth-order valence-electron chi connectivity index (χ4n) is 2.93. The van der Waals surface area contributed by atoms with Crippen molar-refractivity contribution in [3.05, 3.63) is 55.2 Å². The molecule has 1 atom stereocenters. The van der Waals surface area contributed by atoms with Crippen LogP contribution in [0.4, 0.5) is 0 Å². The highest BCUT2D eigenvalue weighted by molar-refractivity contribution is 9.13. The molecule has 112 valence electrons. The first kappa shape index (κ1) is 15.3. The smallest absolute Gasteiger partial charge is 0.249 e. The molecule has 0 saturated heterocycles. The number of dihydropyridines is 1. The Balaban J connectivity index is 2.20. The second kappa shape index (κ2) is 5.90. The molecular formula is C16H13Br2N3O. The molecule has 3 rings (SSSR count). The van der Waals surface area contributed by atoms with E-state index in [1.54, 1.807) is 0 Å². The zero-order chi connectivity index (χ0) is 15.9. The molecule has 1 aromatic rings. The number of hydrogen-bond donors (Lipinski definition) is 2. The number of carbonyl (C=O) groups is 1. The Morgan fingerprint density at radius 2 is 2.09 bits per heavy atom. The van der Waals surface area contributed by atoms with Crippen molar-refractivity contribution < 1.29 is 4.79 Å². The number of halogens is 2. The predicted octanol–water partition coefficient (Wildman–Crippen LogP) is 3.47. The lowest BCUT2D eigenvalue weighted by atomic mass is 9.79. The average Bonchev–Trinajstić information content (AvgIpc) is 2.49. The zero-order valence-electron chi connectivity index (χ0n) is 11.8. The molecule has 2 N–H and O–H groups in total. The molecule has 2 heterocycles. The summed E-state index contributed by atoms with van der Waals surface area (Å²) in [5, 5.41) is 15.7. The van der Waals surface area contributed by atoms with Crippen molar-refractivity contribution in [1.29, 1.82) is 5.26 Å². The summed E-state index contributed by atoms with van der Waals surface area (Å²) in [6, 6.07) is 8.09. The first-order chi connectivity index (χ1) is 10.5. The van der Waals surface area contributed by atoms with Gasteiger partial charge in [0.2, 0.25) is 5.91 Å². The molecule has 0 aliphatic carbocycles. The Labute approximate surface area is 145 Å². The second-order valence-electron chi connectivity index (χ2n) is 5.28. The van der Waals surface area contributed by atoms with E-state index in [9.17, 15) is 10.1 Å². The van der Waals surface area contributed by atoms with Gasteiger partial charge in [-0.15, -0.1) is 0 Å². The number of benzene rings is 1. The van der Waals surface area contributed by atoms with Crippen LogP contribution in [0, 0.1) is 11.3 Å². The van der Waals surface area contributed by atoms with Crippen molar-refractivity contribution in [2.45, 2.75) is 19.3 Å². The van der Waals surface area contributed by atoms with E-state index in [0.717, 1.165) is 32.3 Å². The highest BCUT2D eigenvalue weighted by Crippen LogP contribution is 2.40. The predicted molar refractivity (Wildman–Crippen MR) is 90.7 cm³/mol. The summed E-state index contributed by atoms with van der Waals surface area (Å²) >= 11 is 6.95. The van der Waals surface area contributed by atoms with Crippen molar-refractivity contribution in [2.75, 3.05) is 6.54 Å². The van der Waals surface area contributed by atoms with Crippen LogP contribution in [0.15, 0.2) is 49.7 Å². The van der Waals surface area contributed by atoms with Gasteiger partial charge in [-0.3, -0.25) is 4.79 Å². The lowest BCUT2D eigenvalue weighted by Gasteiger charge is -2.33. The van der Waals surface area contributed by atoms with E-state index in [4.69, 9.17) is 0 Å². The quantitative estimate of drug-likeness (QED) is 0.728. The largest absolute Gasteiger partial charge is 0.361 e. The topological polar surface area (TPSA) is 64.9 Å². The third-order valence-electron chi connectivity index (χ3n) is 3.95. The standard InChI is InChI=1S/C16H13Br2N3O/c1-8-10(7-19)14(9-2-3-11(17)12(18)6-9)15-13(21-8)4-5-20-16(15)22/h2-3,6,14,21H,4-5H2,1H3,(H,20,22). The summed E-state index contributed by atoms with van der Waals surface area (Å²) in [5.41, 5.74) is 3.91. The minimum absolute atomic E-state index is 0.0990. The summed E-state index contributed by atoms with van der Waals surface area (Å²) in [7, 11) is 0. The Morgan fingerprint density at radius 1 is 1.32 bits per heavy atom. The van der Waals surface area contributed by atoms with Gasteiger partial charge in [0.15, 0.2) is 0 Å². The zero-order valence-corrected chi connectivity index (χ0v) is 15.0. The van der Waals surface area contributed by atoms with Gasteiger partial charge in [0, 0.05) is 38.9 Å². The van der Waals surface area contributed by atoms with Crippen LogP contribution in [0.5, 0.6) is 0 Å². The van der Waals surface area contributed by atoms with Gasteiger partial charge >= 0.3 is 0 Å². The molecule has 1 amide bonds. The number of nitrogens with zero attached hydrogens (tertiary/aromatic N) is 1. The van der Waals surface area contributed by atoms with Gasteiger partial charge in [-0.2, -0.15) is 5.26 Å². The van der Waals surface area contributed by atoms with Crippen molar-refractivity contribution in [3.63, 3.8) is 0 Å². The van der Waals surface area contributed by atoms with E-state index in [1.165, 1.54) is 0 Å². The van der Waals surface area contributed by atoms with Crippen LogP contribution in [-0.4, -0.2) is 12.5 Å². The average molecular weight is 423 g/mol. The molecular weight excluding hydrogens is 410 g/mol. The van der Waals surface area contributed by atoms with E-state index >= 15 is 0 Å². The maximum Gasteiger partial charge on any atom is 0.249 e. The number of rotatable bonds is 1. The Hall–Kier alpha value is -1.58. The second-order valence-corrected chi connectivity index (χ2v) is 6.99. The molecule has 0 spiro atoms. The first-order valence-electron chi connectivity index (χ1n) is 6.87. The van der Waals surface area contributed by atoms with Gasteiger partial charge in [0.05, 0.1) is 17.6 Å². The van der Waals surface area contributed by atoms with Gasteiger partial charge in [-0.1, -0.05) is 6.07 Å². The van der Waals surface area contributed by atoms with Gasteiger partial charge in [-0.25, -0.2) is 0 Å². The minimum atomic E-state index is -0.328. The van der Waals surface area contributed by atoms with E-state index in [-0.39, 0.29) is 11.8 Å². The summed E-state index contributed by atoms with van der Waals surface area (Å²) in [6.45, 7) is 2.51. The SMILES string of the molecule is CC1=C(C#N)C(c2ccc(Br)c(Br)c2)C2=C(CCNC2=O)N1. The highest BCUT2D eigenvalue weighted by atomic mass is 79.9. The number of carbonyl (C=O) groups excluding carboxylic acids is 1. The van der Waals surface area contributed by atoms with Crippen LogP contribution < -0.4 is 10.6 Å². The maximum atomic E-state index is 12.4.